The van der Waals surface area contributed by atoms with E-state index in [1.165, 1.54) is 0 Å². The van der Waals surface area contributed by atoms with E-state index < -0.39 is 5.91 Å². The maximum absolute atomic E-state index is 12.2. The second kappa shape index (κ2) is 7.65. The summed E-state index contributed by atoms with van der Waals surface area (Å²) in [4.78, 5) is 23.2. The number of carbonyl (C=O) groups excluding carboxylic acids is 2. The third-order valence-electron chi connectivity index (χ3n) is 3.39. The van der Waals surface area contributed by atoms with Gasteiger partial charge in [-0.2, -0.15) is 0 Å². The van der Waals surface area contributed by atoms with Gasteiger partial charge in [-0.25, -0.2) is 5.48 Å². The number of amides is 1. The van der Waals surface area contributed by atoms with Crippen LogP contribution in [0.2, 0.25) is 0 Å². The molecular weight excluding hydrogens is 256 g/mol. The van der Waals surface area contributed by atoms with Crippen LogP contribution in [0.1, 0.15) is 43.5 Å². The van der Waals surface area contributed by atoms with Crippen LogP contribution in [-0.4, -0.2) is 16.9 Å². The second-order valence-corrected chi connectivity index (χ2v) is 5.30. The molecule has 0 saturated heterocycles. The van der Waals surface area contributed by atoms with Gasteiger partial charge in [0.2, 0.25) is 5.91 Å². The average molecular weight is 278 g/mol. The van der Waals surface area contributed by atoms with Crippen molar-refractivity contribution in [1.82, 2.24) is 5.48 Å². The Bertz CT molecular complexity index is 457. The Labute approximate surface area is 119 Å². The largest absolute Gasteiger partial charge is 0.399 e. The Morgan fingerprint density at radius 1 is 1.25 bits per heavy atom. The van der Waals surface area contributed by atoms with Crippen molar-refractivity contribution in [2.45, 2.75) is 33.1 Å². The highest BCUT2D eigenvalue weighted by Gasteiger charge is 2.18. The van der Waals surface area contributed by atoms with Crippen LogP contribution >= 0.6 is 0 Å². The molecule has 5 nitrogen and oxygen atoms in total. The molecule has 0 aliphatic heterocycles. The zero-order chi connectivity index (χ0) is 15.1. The van der Waals surface area contributed by atoms with E-state index in [9.17, 15) is 9.59 Å². The van der Waals surface area contributed by atoms with Crippen LogP contribution in [0.3, 0.4) is 0 Å². The third-order valence-corrected chi connectivity index (χ3v) is 3.39. The molecule has 0 radical (unpaired) electrons. The van der Waals surface area contributed by atoms with Gasteiger partial charge in [-0.3, -0.25) is 14.8 Å². The minimum absolute atomic E-state index is 0.0865. The number of nitrogen functional groups attached to an aromatic ring is 1. The fourth-order valence-corrected chi connectivity index (χ4v) is 2.19. The Balaban J connectivity index is 2.49. The van der Waals surface area contributed by atoms with Gasteiger partial charge in [-0.15, -0.1) is 0 Å². The highest BCUT2D eigenvalue weighted by atomic mass is 16.5. The zero-order valence-corrected chi connectivity index (χ0v) is 11.9. The minimum Gasteiger partial charge on any atom is -0.399 e. The van der Waals surface area contributed by atoms with E-state index in [1.807, 2.05) is 13.8 Å². The summed E-state index contributed by atoms with van der Waals surface area (Å²) in [5.41, 5.74) is 8.50. The third kappa shape index (κ3) is 5.01. The molecule has 1 amide bonds. The molecule has 0 spiro atoms. The lowest BCUT2D eigenvalue weighted by molar-refractivity contribution is -0.129. The first-order chi connectivity index (χ1) is 9.43. The lowest BCUT2D eigenvalue weighted by Crippen LogP contribution is -2.20. The van der Waals surface area contributed by atoms with Crippen molar-refractivity contribution in [2.75, 3.05) is 5.73 Å². The van der Waals surface area contributed by atoms with Gasteiger partial charge in [0.25, 0.3) is 0 Å². The van der Waals surface area contributed by atoms with Crippen molar-refractivity contribution in [3.05, 3.63) is 29.8 Å². The summed E-state index contributed by atoms with van der Waals surface area (Å²) in [6.07, 6.45) is 1.62. The number of rotatable bonds is 7. The maximum atomic E-state index is 12.2. The van der Waals surface area contributed by atoms with Gasteiger partial charge < -0.3 is 5.73 Å². The molecule has 2 unspecified atom stereocenters. The molecule has 0 bridgehead atoms. The van der Waals surface area contributed by atoms with Crippen molar-refractivity contribution in [2.24, 2.45) is 11.8 Å². The first-order valence-corrected chi connectivity index (χ1v) is 6.76. The number of hydrogen-bond donors (Lipinski definition) is 3. The number of anilines is 1. The van der Waals surface area contributed by atoms with Crippen molar-refractivity contribution >= 4 is 17.4 Å². The molecule has 0 aliphatic rings. The van der Waals surface area contributed by atoms with Crippen molar-refractivity contribution in [3.8, 4) is 0 Å². The Kier molecular flexibility index (Phi) is 6.18. The van der Waals surface area contributed by atoms with Crippen molar-refractivity contribution < 1.29 is 14.8 Å². The SMILES string of the molecule is CC(CCC(=O)NO)CC(C)C(=O)c1ccc(N)cc1. The van der Waals surface area contributed by atoms with E-state index >= 15 is 0 Å². The van der Waals surface area contributed by atoms with E-state index in [1.54, 1.807) is 29.7 Å². The van der Waals surface area contributed by atoms with E-state index in [-0.39, 0.29) is 24.0 Å². The summed E-state index contributed by atoms with van der Waals surface area (Å²) in [5.74, 6) is -0.177. The topological polar surface area (TPSA) is 92.4 Å². The van der Waals surface area contributed by atoms with Gasteiger partial charge >= 0.3 is 0 Å². The monoisotopic (exact) mass is 278 g/mol. The maximum Gasteiger partial charge on any atom is 0.243 e. The minimum atomic E-state index is -0.394. The fraction of sp³-hybridized carbons (Fsp3) is 0.467. The molecule has 1 aromatic rings. The van der Waals surface area contributed by atoms with Crippen LogP contribution in [0, 0.1) is 11.8 Å². The Hall–Kier alpha value is -1.88. The lowest BCUT2D eigenvalue weighted by atomic mass is 9.88. The first-order valence-electron chi connectivity index (χ1n) is 6.76. The number of hydroxylamine groups is 1. The van der Waals surface area contributed by atoms with Gasteiger partial charge in [0.1, 0.15) is 0 Å². The second-order valence-electron chi connectivity index (χ2n) is 5.30. The molecule has 0 aliphatic carbocycles. The molecule has 0 fully saturated rings. The molecule has 4 N–H and O–H groups in total. The normalized spacial score (nSPS) is 13.6. The summed E-state index contributed by atoms with van der Waals surface area (Å²) in [6, 6.07) is 6.90. The number of nitrogens with one attached hydrogen (secondary N) is 1. The lowest BCUT2D eigenvalue weighted by Gasteiger charge is -2.16. The van der Waals surface area contributed by atoms with E-state index in [4.69, 9.17) is 10.9 Å². The molecular formula is C15H22N2O3. The van der Waals surface area contributed by atoms with Gasteiger partial charge in [0.05, 0.1) is 0 Å². The van der Waals surface area contributed by atoms with Gasteiger partial charge in [0.15, 0.2) is 5.78 Å². The highest BCUT2D eigenvalue weighted by molar-refractivity contribution is 5.97. The summed E-state index contributed by atoms with van der Waals surface area (Å²) >= 11 is 0. The summed E-state index contributed by atoms with van der Waals surface area (Å²) < 4.78 is 0. The standard InChI is InChI=1S/C15H22N2O3/c1-10(3-8-14(18)17-20)9-11(2)15(19)12-4-6-13(16)7-5-12/h4-7,10-11,20H,3,8-9,16H2,1-2H3,(H,17,18). The molecule has 1 rings (SSSR count). The molecule has 110 valence electrons. The van der Waals surface area contributed by atoms with E-state index in [0.29, 0.717) is 24.1 Å². The molecule has 0 saturated carbocycles. The quantitative estimate of drug-likeness (QED) is 0.309. The van der Waals surface area contributed by atoms with E-state index in [2.05, 4.69) is 0 Å². The smallest absolute Gasteiger partial charge is 0.243 e. The zero-order valence-electron chi connectivity index (χ0n) is 11.9. The molecule has 0 heterocycles. The summed E-state index contributed by atoms with van der Waals surface area (Å²) in [6.45, 7) is 3.89. The number of carbonyl (C=O) groups is 2. The van der Waals surface area contributed by atoms with Crippen LogP contribution in [0.25, 0.3) is 0 Å². The number of nitrogens with two attached hydrogens (primary N) is 1. The number of ketones is 1. The molecule has 1 aromatic carbocycles. The van der Waals surface area contributed by atoms with Crippen molar-refractivity contribution in [3.63, 3.8) is 0 Å². The van der Waals surface area contributed by atoms with Gasteiger partial charge in [-0.1, -0.05) is 13.8 Å². The number of benzene rings is 1. The highest BCUT2D eigenvalue weighted by Crippen LogP contribution is 2.21. The molecule has 20 heavy (non-hydrogen) atoms. The fourth-order valence-electron chi connectivity index (χ4n) is 2.19. The number of Topliss-reactive ketones (excluding diaryl/α,β-unsaturated/α-hetero) is 1. The Morgan fingerprint density at radius 3 is 2.40 bits per heavy atom. The summed E-state index contributed by atoms with van der Waals surface area (Å²) in [5, 5.41) is 8.42. The van der Waals surface area contributed by atoms with Gasteiger partial charge in [0, 0.05) is 23.6 Å². The predicted octanol–water partition coefficient (Wildman–Crippen LogP) is 2.40. The molecule has 0 aromatic heterocycles. The van der Waals surface area contributed by atoms with Crippen LogP contribution in [-0.2, 0) is 4.79 Å². The Morgan fingerprint density at radius 2 is 1.85 bits per heavy atom. The van der Waals surface area contributed by atoms with Crippen molar-refractivity contribution in [1.29, 1.82) is 0 Å². The van der Waals surface area contributed by atoms with Crippen LogP contribution in [0.4, 0.5) is 5.69 Å². The predicted molar refractivity (Wildman–Crippen MR) is 77.3 cm³/mol. The first kappa shape index (κ1) is 16.2. The van der Waals surface area contributed by atoms with Crippen LogP contribution in [0.15, 0.2) is 24.3 Å². The van der Waals surface area contributed by atoms with Crippen LogP contribution < -0.4 is 11.2 Å². The van der Waals surface area contributed by atoms with E-state index in [0.717, 1.165) is 0 Å². The molecule has 2 atom stereocenters. The van der Waals surface area contributed by atoms with Crippen LogP contribution in [0.5, 0.6) is 0 Å². The molecule has 5 heteroatoms. The summed E-state index contributed by atoms with van der Waals surface area (Å²) in [7, 11) is 0. The average Bonchev–Trinajstić information content (AvgIpc) is 2.44. The number of hydrogen-bond acceptors (Lipinski definition) is 4. The van der Waals surface area contributed by atoms with Gasteiger partial charge in [-0.05, 0) is 43.0 Å².